The molecule has 5 nitrogen and oxygen atoms in total. The van der Waals surface area contributed by atoms with E-state index in [-0.39, 0.29) is 24.9 Å². The minimum Gasteiger partial charge on any atom is -0.394 e. The summed E-state index contributed by atoms with van der Waals surface area (Å²) in [7, 11) is 0. The van der Waals surface area contributed by atoms with Crippen LogP contribution in [0.5, 0.6) is 0 Å². The molecule has 3 N–H and O–H groups in total. The molecule has 0 aliphatic carbocycles. The Labute approximate surface area is 98.1 Å². The Balaban J connectivity index is 2.27. The van der Waals surface area contributed by atoms with Crippen molar-refractivity contribution in [3.8, 4) is 0 Å². The van der Waals surface area contributed by atoms with Gasteiger partial charge in [0.05, 0.1) is 12.6 Å². The van der Waals surface area contributed by atoms with E-state index in [1.165, 1.54) is 12.3 Å². The number of pyridine rings is 1. The number of aliphatic hydroxyl groups is 1. The predicted octanol–water partition coefficient (Wildman–Crippen LogP) is 0.0896. The van der Waals surface area contributed by atoms with Crippen LogP contribution in [0.4, 0.5) is 10.1 Å². The summed E-state index contributed by atoms with van der Waals surface area (Å²) < 4.78 is 13.3. The molecule has 1 aromatic heterocycles. The van der Waals surface area contributed by atoms with Crippen LogP contribution in [-0.2, 0) is 0 Å². The Morgan fingerprint density at radius 2 is 2.47 bits per heavy atom. The lowest BCUT2D eigenvalue weighted by Crippen LogP contribution is -2.32. The monoisotopic (exact) mass is 239 g/mol. The number of anilines is 1. The van der Waals surface area contributed by atoms with Crippen molar-refractivity contribution in [2.24, 2.45) is 5.73 Å². The van der Waals surface area contributed by atoms with Gasteiger partial charge in [-0.15, -0.1) is 0 Å². The zero-order valence-corrected chi connectivity index (χ0v) is 9.21. The number of amides is 1. The number of carbonyl (C=O) groups is 1. The van der Waals surface area contributed by atoms with E-state index in [1.54, 1.807) is 11.0 Å². The maximum absolute atomic E-state index is 13.3. The van der Waals surface area contributed by atoms with Gasteiger partial charge in [-0.3, -0.25) is 9.78 Å². The average Bonchev–Trinajstić information content (AvgIpc) is 2.70. The highest BCUT2D eigenvalue weighted by Gasteiger charge is 2.31. The number of hydrogen-bond acceptors (Lipinski definition) is 4. The van der Waals surface area contributed by atoms with Crippen LogP contribution < -0.4 is 10.6 Å². The van der Waals surface area contributed by atoms with Gasteiger partial charge < -0.3 is 15.7 Å². The topological polar surface area (TPSA) is 79.5 Å². The fourth-order valence-corrected chi connectivity index (χ4v) is 2.08. The first-order valence-corrected chi connectivity index (χ1v) is 5.39. The highest BCUT2D eigenvalue weighted by Crippen LogP contribution is 2.27. The summed E-state index contributed by atoms with van der Waals surface area (Å²) in [5.41, 5.74) is 5.93. The number of aliphatic hydroxyl groups excluding tert-OH is 1. The third kappa shape index (κ3) is 2.36. The molecule has 1 aromatic rings. The fourth-order valence-electron chi connectivity index (χ4n) is 2.08. The summed E-state index contributed by atoms with van der Waals surface area (Å²) in [5, 5.41) is 9.18. The van der Waals surface area contributed by atoms with Crippen LogP contribution in [0.15, 0.2) is 18.3 Å². The van der Waals surface area contributed by atoms with Gasteiger partial charge in [-0.1, -0.05) is 0 Å². The van der Waals surface area contributed by atoms with Crippen LogP contribution in [0.2, 0.25) is 0 Å². The van der Waals surface area contributed by atoms with Gasteiger partial charge >= 0.3 is 0 Å². The van der Waals surface area contributed by atoms with Crippen molar-refractivity contribution in [3.63, 3.8) is 0 Å². The van der Waals surface area contributed by atoms with Crippen LogP contribution in [0.1, 0.15) is 16.9 Å². The van der Waals surface area contributed by atoms with Gasteiger partial charge in [0.15, 0.2) is 0 Å². The molecule has 1 fully saturated rings. The summed E-state index contributed by atoms with van der Waals surface area (Å²) >= 11 is 0. The van der Waals surface area contributed by atoms with Gasteiger partial charge in [0.1, 0.15) is 11.9 Å². The molecule has 1 aliphatic rings. The standard InChI is InChI=1S/C11H14FN3O2/c12-7-3-9(6-16)15(5-7)8-1-2-14-10(4-8)11(13)17/h1-2,4,7,9,16H,3,5-6H2,(H2,13,17)/t7-,9-/m0/s1. The quantitative estimate of drug-likeness (QED) is 0.783. The second-order valence-electron chi connectivity index (χ2n) is 4.09. The van der Waals surface area contributed by atoms with Gasteiger partial charge in [0, 0.05) is 24.8 Å². The first-order valence-electron chi connectivity index (χ1n) is 5.39. The molecular formula is C11H14FN3O2. The number of aromatic nitrogens is 1. The van der Waals surface area contributed by atoms with Crippen LogP contribution in [0.25, 0.3) is 0 Å². The van der Waals surface area contributed by atoms with E-state index in [2.05, 4.69) is 4.98 Å². The summed E-state index contributed by atoms with van der Waals surface area (Å²) in [5.74, 6) is -0.622. The molecule has 1 amide bonds. The number of hydrogen-bond donors (Lipinski definition) is 2. The minimum atomic E-state index is -0.961. The number of primary amides is 1. The number of nitrogens with zero attached hydrogens (tertiary/aromatic N) is 2. The molecule has 0 aromatic carbocycles. The van der Waals surface area contributed by atoms with Crippen molar-refractivity contribution in [2.75, 3.05) is 18.1 Å². The zero-order valence-electron chi connectivity index (χ0n) is 9.21. The number of alkyl halides is 1. The maximum atomic E-state index is 13.3. The highest BCUT2D eigenvalue weighted by molar-refractivity contribution is 5.91. The lowest BCUT2D eigenvalue weighted by atomic mass is 10.2. The Hall–Kier alpha value is -1.69. The van der Waals surface area contributed by atoms with Gasteiger partial charge in [-0.25, -0.2) is 4.39 Å². The Morgan fingerprint density at radius 3 is 3.12 bits per heavy atom. The molecule has 2 rings (SSSR count). The number of nitrogens with two attached hydrogens (primary N) is 1. The molecule has 1 aliphatic heterocycles. The van der Waals surface area contributed by atoms with Crippen molar-refractivity contribution < 1.29 is 14.3 Å². The third-order valence-corrected chi connectivity index (χ3v) is 2.90. The predicted molar refractivity (Wildman–Crippen MR) is 60.5 cm³/mol. The molecule has 17 heavy (non-hydrogen) atoms. The molecule has 0 spiro atoms. The van der Waals surface area contributed by atoms with E-state index in [9.17, 15) is 14.3 Å². The Bertz CT molecular complexity index is 427. The molecule has 6 heteroatoms. The lowest BCUT2D eigenvalue weighted by Gasteiger charge is -2.24. The van der Waals surface area contributed by atoms with Crippen molar-refractivity contribution in [3.05, 3.63) is 24.0 Å². The number of rotatable bonds is 3. The van der Waals surface area contributed by atoms with Crippen molar-refractivity contribution in [2.45, 2.75) is 18.6 Å². The molecule has 0 radical (unpaired) electrons. The van der Waals surface area contributed by atoms with Crippen LogP contribution in [-0.4, -0.2) is 41.4 Å². The molecule has 0 unspecified atom stereocenters. The molecule has 1 saturated heterocycles. The van der Waals surface area contributed by atoms with Crippen molar-refractivity contribution >= 4 is 11.6 Å². The normalized spacial score (nSPS) is 24.0. The van der Waals surface area contributed by atoms with Crippen molar-refractivity contribution in [1.29, 1.82) is 0 Å². The molecule has 2 atom stereocenters. The Morgan fingerprint density at radius 1 is 1.71 bits per heavy atom. The summed E-state index contributed by atoms with van der Waals surface area (Å²) in [6.45, 7) is 0.0993. The number of halogens is 1. The van der Waals surface area contributed by atoms with E-state index in [0.717, 1.165) is 0 Å². The third-order valence-electron chi connectivity index (χ3n) is 2.90. The first kappa shape index (κ1) is 11.8. The summed E-state index contributed by atoms with van der Waals surface area (Å²) in [6.07, 6.45) is 0.789. The minimum absolute atomic E-state index is 0.116. The van der Waals surface area contributed by atoms with E-state index in [1.807, 2.05) is 0 Å². The zero-order chi connectivity index (χ0) is 12.4. The highest BCUT2D eigenvalue weighted by atomic mass is 19.1. The van der Waals surface area contributed by atoms with Crippen LogP contribution in [0, 0.1) is 0 Å². The fraction of sp³-hybridized carbons (Fsp3) is 0.455. The second-order valence-corrected chi connectivity index (χ2v) is 4.09. The molecule has 0 bridgehead atoms. The van der Waals surface area contributed by atoms with Gasteiger partial charge in [-0.05, 0) is 12.1 Å². The number of carbonyl (C=O) groups excluding carboxylic acids is 1. The van der Waals surface area contributed by atoms with Crippen LogP contribution in [0.3, 0.4) is 0 Å². The average molecular weight is 239 g/mol. The van der Waals surface area contributed by atoms with E-state index < -0.39 is 12.1 Å². The lowest BCUT2D eigenvalue weighted by molar-refractivity contribution is 0.0995. The van der Waals surface area contributed by atoms with Crippen molar-refractivity contribution in [1.82, 2.24) is 4.98 Å². The van der Waals surface area contributed by atoms with Gasteiger partial charge in [-0.2, -0.15) is 0 Å². The maximum Gasteiger partial charge on any atom is 0.267 e. The second kappa shape index (κ2) is 4.67. The molecule has 92 valence electrons. The molecule has 2 heterocycles. The molecular weight excluding hydrogens is 225 g/mol. The van der Waals surface area contributed by atoms with E-state index >= 15 is 0 Å². The smallest absolute Gasteiger partial charge is 0.267 e. The summed E-state index contributed by atoms with van der Waals surface area (Å²) in [4.78, 5) is 16.6. The van der Waals surface area contributed by atoms with E-state index in [0.29, 0.717) is 12.1 Å². The first-order chi connectivity index (χ1) is 8.11. The van der Waals surface area contributed by atoms with E-state index in [4.69, 9.17) is 5.73 Å². The van der Waals surface area contributed by atoms with Gasteiger partial charge in [0.25, 0.3) is 5.91 Å². The van der Waals surface area contributed by atoms with Gasteiger partial charge in [0.2, 0.25) is 0 Å². The molecule has 0 saturated carbocycles. The SMILES string of the molecule is NC(=O)c1cc(N2C[C@@H](F)C[C@H]2CO)ccn1. The Kier molecular flexibility index (Phi) is 3.23. The van der Waals surface area contributed by atoms with Crippen LogP contribution >= 0.6 is 0 Å². The largest absolute Gasteiger partial charge is 0.394 e. The summed E-state index contributed by atoms with van der Waals surface area (Å²) in [6, 6.07) is 2.93.